The lowest BCUT2D eigenvalue weighted by Crippen LogP contribution is -2.16. The van der Waals surface area contributed by atoms with Gasteiger partial charge in [0.15, 0.2) is 0 Å². The largest absolute Gasteiger partial charge is 0.426 e. The van der Waals surface area contributed by atoms with Gasteiger partial charge >= 0.3 is 6.02 Å². The monoisotopic (exact) mass is 515 g/mol. The second-order valence-corrected chi connectivity index (χ2v) is 10.0. The van der Waals surface area contributed by atoms with Gasteiger partial charge in [0.2, 0.25) is 0 Å². The summed E-state index contributed by atoms with van der Waals surface area (Å²) >= 11 is 0. The molecule has 3 heterocycles. The van der Waals surface area contributed by atoms with Crippen LogP contribution in [0.5, 0.6) is 0 Å². The van der Waals surface area contributed by atoms with Crippen LogP contribution in [0.2, 0.25) is 0 Å². The van der Waals surface area contributed by atoms with Crippen LogP contribution in [-0.2, 0) is 4.74 Å². The number of aliphatic imine (C=N–C) groups is 1. The van der Waals surface area contributed by atoms with E-state index in [1.165, 1.54) is 26.9 Å². The number of nitrogens with zero attached hydrogens (tertiary/aromatic N) is 3. The minimum atomic E-state index is 0.499. The third-order valence-electron chi connectivity index (χ3n) is 7.73. The first-order valence-electron chi connectivity index (χ1n) is 13.5. The van der Waals surface area contributed by atoms with Crippen molar-refractivity contribution < 1.29 is 4.74 Å². The van der Waals surface area contributed by atoms with Crippen LogP contribution in [-0.4, -0.2) is 21.7 Å². The molecule has 2 aromatic heterocycles. The number of fused-ring (bicyclic) bond motifs is 10. The molecule has 190 valence electrons. The number of benzene rings is 5. The van der Waals surface area contributed by atoms with Crippen molar-refractivity contribution in [2.45, 2.75) is 0 Å². The molecule has 4 nitrogen and oxygen atoms in total. The van der Waals surface area contributed by atoms with Crippen molar-refractivity contribution in [1.29, 1.82) is 0 Å². The summed E-state index contributed by atoms with van der Waals surface area (Å²) in [4.78, 5) is 4.94. The lowest BCUT2D eigenvalue weighted by molar-refractivity contribution is 0.418. The highest BCUT2D eigenvalue weighted by Crippen LogP contribution is 2.45. The zero-order valence-corrected chi connectivity index (χ0v) is 21.8. The van der Waals surface area contributed by atoms with Crippen molar-refractivity contribution in [3.63, 3.8) is 0 Å². The molecule has 0 unspecified atom stereocenters. The summed E-state index contributed by atoms with van der Waals surface area (Å²) in [5, 5.41) is 7.20. The molecule has 4 heteroatoms. The molecule has 5 aromatic carbocycles. The van der Waals surface area contributed by atoms with Gasteiger partial charge in [-0.1, -0.05) is 104 Å². The van der Waals surface area contributed by atoms with E-state index in [9.17, 15) is 0 Å². The second-order valence-electron chi connectivity index (χ2n) is 10.0. The van der Waals surface area contributed by atoms with Gasteiger partial charge in [-0.25, -0.2) is 4.99 Å². The second kappa shape index (κ2) is 8.85. The molecule has 0 saturated carbocycles. The Balaban J connectivity index is 1.69. The summed E-state index contributed by atoms with van der Waals surface area (Å²) in [5.74, 6) is 0.539. The van der Waals surface area contributed by atoms with Gasteiger partial charge in [0.1, 0.15) is 5.76 Å². The van der Waals surface area contributed by atoms with Crippen molar-refractivity contribution in [2.24, 2.45) is 4.99 Å². The Labute approximate surface area is 231 Å². The van der Waals surface area contributed by atoms with Crippen LogP contribution >= 0.6 is 0 Å². The van der Waals surface area contributed by atoms with Gasteiger partial charge in [-0.05, 0) is 41.1 Å². The smallest absolute Gasteiger partial charge is 0.302 e. The van der Waals surface area contributed by atoms with Crippen LogP contribution in [0.25, 0.3) is 60.1 Å². The van der Waals surface area contributed by atoms with Crippen molar-refractivity contribution in [3.05, 3.63) is 140 Å². The van der Waals surface area contributed by atoms with Crippen molar-refractivity contribution in [2.75, 3.05) is 6.54 Å². The average Bonchev–Trinajstić information content (AvgIpc) is 3.55. The summed E-state index contributed by atoms with van der Waals surface area (Å²) in [6.45, 7) is 4.65. The van der Waals surface area contributed by atoms with E-state index in [-0.39, 0.29) is 0 Å². The van der Waals surface area contributed by atoms with E-state index in [1.54, 1.807) is 0 Å². The Hall–Kier alpha value is -5.35. The Morgan fingerprint density at radius 1 is 0.600 bits per heavy atom. The molecule has 1 aliphatic heterocycles. The lowest BCUT2D eigenvalue weighted by atomic mass is 9.98. The normalized spacial score (nSPS) is 15.7. The highest BCUT2D eigenvalue weighted by molar-refractivity contribution is 6.37. The van der Waals surface area contributed by atoms with Gasteiger partial charge in [-0.2, -0.15) is 0 Å². The predicted molar refractivity (Wildman–Crippen MR) is 167 cm³/mol. The van der Waals surface area contributed by atoms with Gasteiger partial charge in [-0.3, -0.25) is 4.57 Å². The molecular weight excluding hydrogens is 490 g/mol. The molecule has 0 spiro atoms. The molecule has 0 radical (unpaired) electrons. The van der Waals surface area contributed by atoms with Crippen molar-refractivity contribution >= 4 is 60.4 Å². The topological polar surface area (TPSA) is 31.4 Å². The van der Waals surface area contributed by atoms with Crippen LogP contribution in [0.3, 0.4) is 0 Å². The van der Waals surface area contributed by atoms with Crippen LogP contribution in [0, 0.1) is 0 Å². The summed E-state index contributed by atoms with van der Waals surface area (Å²) in [6.07, 6.45) is 7.81. The Kier molecular flexibility index (Phi) is 5.01. The number of ether oxygens (including phenoxy) is 1. The molecule has 0 saturated heterocycles. The third kappa shape index (κ3) is 3.23. The molecule has 8 rings (SSSR count). The maximum absolute atomic E-state index is 6.39. The Morgan fingerprint density at radius 3 is 1.82 bits per heavy atom. The number of para-hydroxylation sites is 3. The third-order valence-corrected chi connectivity index (χ3v) is 7.73. The zero-order chi connectivity index (χ0) is 26.6. The van der Waals surface area contributed by atoms with Crippen LogP contribution in [0.4, 0.5) is 0 Å². The quantitative estimate of drug-likeness (QED) is 0.215. The zero-order valence-electron chi connectivity index (χ0n) is 21.8. The van der Waals surface area contributed by atoms with Crippen LogP contribution in [0.1, 0.15) is 0 Å². The summed E-state index contributed by atoms with van der Waals surface area (Å²) in [5.41, 5.74) is 5.49. The van der Waals surface area contributed by atoms with E-state index in [0.29, 0.717) is 18.3 Å². The fourth-order valence-electron chi connectivity index (χ4n) is 6.17. The SMILES string of the molecule is C=C1/C=C\C=C/CN=C(n2c3ccccc3c3c4ccccc4c4c5ccccc5n(-c5ccccc5)c4c32)O1. The van der Waals surface area contributed by atoms with Gasteiger partial charge in [0, 0.05) is 27.2 Å². The molecule has 0 bridgehead atoms. The number of aromatic nitrogens is 2. The molecule has 0 atom stereocenters. The highest BCUT2D eigenvalue weighted by Gasteiger charge is 2.26. The molecule has 0 aliphatic carbocycles. The van der Waals surface area contributed by atoms with E-state index in [2.05, 4.69) is 119 Å². The van der Waals surface area contributed by atoms with E-state index in [0.717, 1.165) is 33.1 Å². The van der Waals surface area contributed by atoms with E-state index >= 15 is 0 Å². The molecule has 0 fully saturated rings. The highest BCUT2D eigenvalue weighted by atomic mass is 16.5. The van der Waals surface area contributed by atoms with Crippen LogP contribution < -0.4 is 0 Å². The first-order chi connectivity index (χ1) is 19.8. The molecule has 0 amide bonds. The molecule has 0 N–H and O–H groups in total. The summed E-state index contributed by atoms with van der Waals surface area (Å²) < 4.78 is 11.0. The predicted octanol–water partition coefficient (Wildman–Crippen LogP) is 8.91. The molecular formula is C36H25N3O. The summed E-state index contributed by atoms with van der Waals surface area (Å²) in [7, 11) is 0. The number of allylic oxidation sites excluding steroid dienone is 3. The molecule has 40 heavy (non-hydrogen) atoms. The van der Waals surface area contributed by atoms with E-state index < -0.39 is 0 Å². The summed E-state index contributed by atoms with van der Waals surface area (Å²) in [6, 6.07) is 37.1. The molecule has 1 aliphatic rings. The van der Waals surface area contributed by atoms with Gasteiger partial charge in [0.05, 0.1) is 28.6 Å². The van der Waals surface area contributed by atoms with Crippen molar-refractivity contribution in [3.8, 4) is 5.69 Å². The fraction of sp³-hybridized carbons (Fsp3) is 0.0278. The van der Waals surface area contributed by atoms with Crippen molar-refractivity contribution in [1.82, 2.24) is 9.13 Å². The molecule has 7 aromatic rings. The van der Waals surface area contributed by atoms with Gasteiger partial charge < -0.3 is 9.30 Å². The fourth-order valence-corrected chi connectivity index (χ4v) is 6.17. The first-order valence-corrected chi connectivity index (χ1v) is 13.5. The van der Waals surface area contributed by atoms with Crippen LogP contribution in [0.15, 0.2) is 145 Å². The number of hydrogen-bond acceptors (Lipinski definition) is 2. The minimum Gasteiger partial charge on any atom is -0.426 e. The average molecular weight is 516 g/mol. The lowest BCUT2D eigenvalue weighted by Gasteiger charge is -2.15. The Morgan fingerprint density at radius 2 is 1.15 bits per heavy atom. The maximum atomic E-state index is 6.39. The standard InChI is InChI=1S/C36H25N3O/c1-24-14-4-3-13-23-37-36(40-24)39-31-22-12-10-20-29(31)33-27-18-8-7-17-26(27)32-28-19-9-11-21-30(28)38(34(32)35(33)39)25-15-5-2-6-16-25/h2-22H,1,23H2/b13-3-,14-4-,37-36?. The number of hydrogen-bond donors (Lipinski definition) is 0. The van der Waals surface area contributed by atoms with Gasteiger partial charge in [0.25, 0.3) is 0 Å². The van der Waals surface area contributed by atoms with E-state index in [1.807, 2.05) is 24.3 Å². The minimum absolute atomic E-state index is 0.499. The number of rotatable bonds is 1. The van der Waals surface area contributed by atoms with E-state index in [4.69, 9.17) is 9.73 Å². The van der Waals surface area contributed by atoms with Gasteiger partial charge in [-0.15, -0.1) is 0 Å². The Bertz CT molecular complexity index is 2230. The first kappa shape index (κ1) is 22.6. The maximum Gasteiger partial charge on any atom is 0.302 e.